The Labute approximate surface area is 62.7 Å². The lowest BCUT2D eigenvalue weighted by Gasteiger charge is -2.10. The summed E-state index contributed by atoms with van der Waals surface area (Å²) >= 11 is 1.23. The van der Waals surface area contributed by atoms with Gasteiger partial charge in [-0.25, -0.2) is 0 Å². The Morgan fingerprint density at radius 1 is 1.80 bits per heavy atom. The molecule has 1 fully saturated rings. The molecular formula is C5H8N2O2S. The number of rotatable bonds is 2. The Morgan fingerprint density at radius 3 is 2.90 bits per heavy atom. The maximum atomic E-state index is 10.8. The van der Waals surface area contributed by atoms with Gasteiger partial charge in [0.25, 0.3) is 5.24 Å². The van der Waals surface area contributed by atoms with E-state index in [1.165, 1.54) is 16.7 Å². The van der Waals surface area contributed by atoms with Gasteiger partial charge in [0.15, 0.2) is 0 Å². The number of amides is 2. The molecule has 1 aliphatic rings. The summed E-state index contributed by atoms with van der Waals surface area (Å²) in [5, 5.41) is -0.0428. The van der Waals surface area contributed by atoms with Crippen molar-refractivity contribution in [3.05, 3.63) is 0 Å². The first-order chi connectivity index (χ1) is 4.70. The van der Waals surface area contributed by atoms with Gasteiger partial charge in [-0.1, -0.05) is 11.8 Å². The molecule has 1 saturated heterocycles. The SMILES string of the molecule is NC(=O)CN1CCSC1=O. The van der Waals surface area contributed by atoms with Crippen molar-refractivity contribution in [1.82, 2.24) is 4.90 Å². The van der Waals surface area contributed by atoms with Crippen LogP contribution in [0, 0.1) is 0 Å². The summed E-state index contributed by atoms with van der Waals surface area (Å²) < 4.78 is 0. The van der Waals surface area contributed by atoms with Crippen molar-refractivity contribution in [2.45, 2.75) is 0 Å². The van der Waals surface area contributed by atoms with Crippen LogP contribution in [0.3, 0.4) is 0 Å². The maximum absolute atomic E-state index is 10.8. The average Bonchev–Trinajstić information content (AvgIpc) is 2.15. The van der Waals surface area contributed by atoms with Crippen molar-refractivity contribution in [3.8, 4) is 0 Å². The minimum atomic E-state index is -0.448. The van der Waals surface area contributed by atoms with Gasteiger partial charge >= 0.3 is 0 Å². The number of carbonyl (C=O) groups is 2. The smallest absolute Gasteiger partial charge is 0.282 e. The summed E-state index contributed by atoms with van der Waals surface area (Å²) in [4.78, 5) is 22.6. The molecule has 1 heterocycles. The van der Waals surface area contributed by atoms with Crippen molar-refractivity contribution in [3.63, 3.8) is 0 Å². The second-order valence-electron chi connectivity index (χ2n) is 2.00. The first-order valence-electron chi connectivity index (χ1n) is 2.90. The Hall–Kier alpha value is -0.710. The van der Waals surface area contributed by atoms with Crippen molar-refractivity contribution in [1.29, 1.82) is 0 Å². The summed E-state index contributed by atoms with van der Waals surface area (Å²) in [6.45, 7) is 0.707. The maximum Gasteiger partial charge on any atom is 0.282 e. The van der Waals surface area contributed by atoms with Gasteiger partial charge in [0.1, 0.15) is 6.54 Å². The third-order valence-corrected chi connectivity index (χ3v) is 2.08. The van der Waals surface area contributed by atoms with Crippen LogP contribution in [0.2, 0.25) is 0 Å². The lowest BCUT2D eigenvalue weighted by atomic mass is 10.5. The van der Waals surface area contributed by atoms with Crippen LogP contribution < -0.4 is 5.73 Å². The zero-order valence-electron chi connectivity index (χ0n) is 5.37. The first kappa shape index (κ1) is 7.40. The van der Waals surface area contributed by atoms with Crippen LogP contribution in [0.15, 0.2) is 0 Å². The van der Waals surface area contributed by atoms with E-state index in [0.717, 1.165) is 5.75 Å². The Balaban J connectivity index is 2.40. The zero-order valence-corrected chi connectivity index (χ0v) is 6.19. The third-order valence-electron chi connectivity index (χ3n) is 1.19. The molecule has 0 atom stereocenters. The molecule has 0 aromatic carbocycles. The van der Waals surface area contributed by atoms with Gasteiger partial charge in [0, 0.05) is 12.3 Å². The van der Waals surface area contributed by atoms with Gasteiger partial charge in [0.05, 0.1) is 0 Å². The van der Waals surface area contributed by atoms with Crippen LogP contribution in [0.4, 0.5) is 4.79 Å². The van der Waals surface area contributed by atoms with Crippen molar-refractivity contribution >= 4 is 22.9 Å². The van der Waals surface area contributed by atoms with Gasteiger partial charge < -0.3 is 10.6 Å². The van der Waals surface area contributed by atoms with E-state index in [1.54, 1.807) is 0 Å². The highest BCUT2D eigenvalue weighted by Gasteiger charge is 2.21. The molecule has 0 aromatic rings. The van der Waals surface area contributed by atoms with E-state index in [9.17, 15) is 9.59 Å². The summed E-state index contributed by atoms with van der Waals surface area (Å²) in [5.41, 5.74) is 4.89. The molecule has 10 heavy (non-hydrogen) atoms. The Kier molecular flexibility index (Phi) is 2.16. The summed E-state index contributed by atoms with van der Waals surface area (Å²) in [5.74, 6) is 0.322. The topological polar surface area (TPSA) is 63.4 Å². The molecule has 0 bridgehead atoms. The van der Waals surface area contributed by atoms with E-state index in [-0.39, 0.29) is 11.8 Å². The quantitative estimate of drug-likeness (QED) is 0.600. The van der Waals surface area contributed by atoms with E-state index in [2.05, 4.69) is 0 Å². The monoisotopic (exact) mass is 160 g/mol. The van der Waals surface area contributed by atoms with E-state index < -0.39 is 5.91 Å². The largest absolute Gasteiger partial charge is 0.368 e. The fourth-order valence-corrected chi connectivity index (χ4v) is 1.58. The molecular weight excluding hydrogens is 152 g/mol. The van der Waals surface area contributed by atoms with Crippen molar-refractivity contribution < 1.29 is 9.59 Å². The standard InChI is InChI=1S/C5H8N2O2S/c6-4(8)3-7-1-2-10-5(7)9/h1-3H2,(H2,6,8). The summed E-state index contributed by atoms with van der Waals surface area (Å²) in [6, 6.07) is 0. The average molecular weight is 160 g/mol. The number of hydrogen-bond acceptors (Lipinski definition) is 3. The van der Waals surface area contributed by atoms with E-state index in [1.807, 2.05) is 0 Å². The second kappa shape index (κ2) is 2.92. The lowest BCUT2D eigenvalue weighted by Crippen LogP contribution is -2.33. The number of nitrogens with zero attached hydrogens (tertiary/aromatic N) is 1. The minimum Gasteiger partial charge on any atom is -0.368 e. The third kappa shape index (κ3) is 1.63. The fourth-order valence-electron chi connectivity index (χ4n) is 0.757. The van der Waals surface area contributed by atoms with Gasteiger partial charge in [0.2, 0.25) is 5.91 Å². The summed E-state index contributed by atoms with van der Waals surface area (Å²) in [7, 11) is 0. The van der Waals surface area contributed by atoms with Crippen molar-refractivity contribution in [2.24, 2.45) is 5.73 Å². The second-order valence-corrected chi connectivity index (χ2v) is 3.05. The first-order valence-corrected chi connectivity index (χ1v) is 3.88. The molecule has 0 unspecified atom stereocenters. The molecule has 1 rings (SSSR count). The van der Waals surface area contributed by atoms with E-state index in [4.69, 9.17) is 5.73 Å². The number of hydrogen-bond donors (Lipinski definition) is 1. The molecule has 0 radical (unpaired) electrons. The Bertz CT molecular complexity index is 171. The predicted octanol–water partition coefficient (Wildman–Crippen LogP) is -0.359. The lowest BCUT2D eigenvalue weighted by molar-refractivity contribution is -0.118. The van der Waals surface area contributed by atoms with Gasteiger partial charge in [-0.05, 0) is 0 Å². The molecule has 0 aromatic heterocycles. The predicted molar refractivity (Wildman–Crippen MR) is 38.6 cm³/mol. The number of primary amides is 1. The molecule has 0 spiro atoms. The zero-order chi connectivity index (χ0) is 7.56. The van der Waals surface area contributed by atoms with Crippen molar-refractivity contribution in [2.75, 3.05) is 18.8 Å². The molecule has 1 aliphatic heterocycles. The highest BCUT2D eigenvalue weighted by molar-refractivity contribution is 8.13. The molecule has 2 amide bonds. The van der Waals surface area contributed by atoms with Crippen LogP contribution in [-0.4, -0.2) is 34.9 Å². The van der Waals surface area contributed by atoms with E-state index in [0.29, 0.717) is 6.54 Å². The number of nitrogens with two attached hydrogens (primary N) is 1. The van der Waals surface area contributed by atoms with Crippen LogP contribution in [0.1, 0.15) is 0 Å². The van der Waals surface area contributed by atoms with Gasteiger partial charge in [-0.3, -0.25) is 9.59 Å². The van der Waals surface area contributed by atoms with Gasteiger partial charge in [-0.15, -0.1) is 0 Å². The van der Waals surface area contributed by atoms with Crippen LogP contribution in [0.5, 0.6) is 0 Å². The van der Waals surface area contributed by atoms with Crippen LogP contribution in [0.25, 0.3) is 0 Å². The molecule has 4 nitrogen and oxygen atoms in total. The fraction of sp³-hybridized carbons (Fsp3) is 0.600. The normalized spacial score (nSPS) is 18.0. The van der Waals surface area contributed by atoms with Crippen LogP contribution >= 0.6 is 11.8 Å². The highest BCUT2D eigenvalue weighted by Crippen LogP contribution is 2.15. The molecule has 56 valence electrons. The molecule has 5 heteroatoms. The molecule has 0 aliphatic carbocycles. The van der Waals surface area contributed by atoms with Gasteiger partial charge in [-0.2, -0.15) is 0 Å². The van der Waals surface area contributed by atoms with E-state index >= 15 is 0 Å². The minimum absolute atomic E-state index is 0.0428. The number of carbonyl (C=O) groups excluding carboxylic acids is 2. The highest BCUT2D eigenvalue weighted by atomic mass is 32.2. The van der Waals surface area contributed by atoms with Crippen LogP contribution in [-0.2, 0) is 4.79 Å². The molecule has 0 saturated carbocycles. The number of thioether (sulfide) groups is 1. The summed E-state index contributed by atoms with van der Waals surface area (Å²) in [6.07, 6.45) is 0. The molecule has 2 N–H and O–H groups in total. The Morgan fingerprint density at radius 2 is 2.50 bits per heavy atom.